The first-order chi connectivity index (χ1) is 13.0. The summed E-state index contributed by atoms with van der Waals surface area (Å²) in [4.78, 5) is 13.3. The fourth-order valence-corrected chi connectivity index (χ4v) is 7.96. The summed E-state index contributed by atoms with van der Waals surface area (Å²) in [6.07, 6.45) is 14.7. The second-order valence-electron chi connectivity index (χ2n) is 10.4. The molecule has 4 aliphatic carbocycles. The lowest BCUT2D eigenvalue weighted by Gasteiger charge is -2.60. The molecule has 0 bridgehead atoms. The quantitative estimate of drug-likeness (QED) is 0.526. The monoisotopic (exact) mass is 362 g/mol. The normalized spacial score (nSPS) is 43.3. The summed E-state index contributed by atoms with van der Waals surface area (Å²) < 4.78 is 0. The molecule has 0 amide bonds. The van der Waals surface area contributed by atoms with Gasteiger partial charge in [0.25, 0.3) is 0 Å². The number of Topliss-reactive ketones (excluding diaryl/α,β-unsaturated/α-hetero) is 1. The number of fused-ring (bicyclic) bond motifs is 5. The van der Waals surface area contributed by atoms with Crippen LogP contribution in [0.3, 0.4) is 0 Å². The Morgan fingerprint density at radius 1 is 0.926 bits per heavy atom. The summed E-state index contributed by atoms with van der Waals surface area (Å²) in [6, 6.07) is 9.95. The Morgan fingerprint density at radius 3 is 2.56 bits per heavy atom. The molecule has 5 rings (SSSR count). The van der Waals surface area contributed by atoms with E-state index in [0.29, 0.717) is 11.3 Å². The molecule has 0 N–H and O–H groups in total. The van der Waals surface area contributed by atoms with Crippen LogP contribution in [0.2, 0.25) is 0 Å². The molecule has 6 atom stereocenters. The Balaban J connectivity index is 1.43. The number of hydrogen-bond donors (Lipinski definition) is 0. The SMILES string of the molecule is C[C@]12CCCC[C@@H]1CC[C@@H]1[C@@H]2CC[C@]2(C)C(C(=O)c3ccccc3)=CC[C@@H]12. The van der Waals surface area contributed by atoms with Crippen LogP contribution in [-0.4, -0.2) is 5.78 Å². The number of allylic oxidation sites excluding steroid dienone is 2. The average molecular weight is 363 g/mol. The molecule has 1 aromatic rings. The van der Waals surface area contributed by atoms with E-state index < -0.39 is 0 Å². The second kappa shape index (κ2) is 6.33. The van der Waals surface area contributed by atoms with Crippen molar-refractivity contribution < 1.29 is 4.79 Å². The predicted molar refractivity (Wildman–Crippen MR) is 111 cm³/mol. The van der Waals surface area contributed by atoms with Gasteiger partial charge in [-0.3, -0.25) is 4.79 Å². The molecular formula is C26H34O. The van der Waals surface area contributed by atoms with Crippen molar-refractivity contribution in [1.82, 2.24) is 0 Å². The predicted octanol–water partition coefficient (Wildman–Crippen LogP) is 6.84. The molecule has 27 heavy (non-hydrogen) atoms. The molecular weight excluding hydrogens is 328 g/mol. The lowest BCUT2D eigenvalue weighted by molar-refractivity contribution is -0.0983. The molecule has 3 saturated carbocycles. The molecule has 0 radical (unpaired) electrons. The highest BCUT2D eigenvalue weighted by molar-refractivity contribution is 6.09. The van der Waals surface area contributed by atoms with E-state index in [1.165, 1.54) is 51.4 Å². The van der Waals surface area contributed by atoms with Gasteiger partial charge in [0, 0.05) is 11.1 Å². The van der Waals surface area contributed by atoms with E-state index in [0.717, 1.165) is 35.3 Å². The van der Waals surface area contributed by atoms with Gasteiger partial charge in [0.15, 0.2) is 5.78 Å². The highest BCUT2D eigenvalue weighted by Gasteiger charge is 2.58. The maximum atomic E-state index is 13.3. The first kappa shape index (κ1) is 17.7. The fourth-order valence-electron chi connectivity index (χ4n) is 7.96. The van der Waals surface area contributed by atoms with Crippen LogP contribution >= 0.6 is 0 Å². The van der Waals surface area contributed by atoms with Crippen LogP contribution in [0.5, 0.6) is 0 Å². The summed E-state index contributed by atoms with van der Waals surface area (Å²) >= 11 is 0. The first-order valence-electron chi connectivity index (χ1n) is 11.3. The van der Waals surface area contributed by atoms with Crippen molar-refractivity contribution >= 4 is 5.78 Å². The van der Waals surface area contributed by atoms with Gasteiger partial charge in [0.1, 0.15) is 0 Å². The second-order valence-corrected chi connectivity index (χ2v) is 10.4. The third-order valence-electron chi connectivity index (χ3n) is 9.44. The molecule has 1 aromatic carbocycles. The zero-order valence-corrected chi connectivity index (χ0v) is 17.0. The van der Waals surface area contributed by atoms with Crippen LogP contribution in [0.1, 0.15) is 82.0 Å². The maximum absolute atomic E-state index is 13.3. The molecule has 1 nitrogen and oxygen atoms in total. The third kappa shape index (κ3) is 2.53. The molecule has 0 saturated heterocycles. The Labute approximate surface area is 164 Å². The van der Waals surface area contributed by atoms with Crippen molar-refractivity contribution in [1.29, 1.82) is 0 Å². The van der Waals surface area contributed by atoms with E-state index in [-0.39, 0.29) is 11.2 Å². The van der Waals surface area contributed by atoms with Crippen LogP contribution in [0.15, 0.2) is 42.0 Å². The molecule has 4 aliphatic rings. The first-order valence-corrected chi connectivity index (χ1v) is 11.3. The fraction of sp³-hybridized carbons (Fsp3) is 0.654. The van der Waals surface area contributed by atoms with Gasteiger partial charge in [-0.05, 0) is 79.4 Å². The Morgan fingerprint density at radius 2 is 1.74 bits per heavy atom. The minimum atomic E-state index is 0.103. The van der Waals surface area contributed by atoms with E-state index in [2.05, 4.69) is 19.9 Å². The molecule has 0 aliphatic heterocycles. The molecule has 0 spiro atoms. The van der Waals surface area contributed by atoms with Crippen molar-refractivity contribution in [3.8, 4) is 0 Å². The minimum absolute atomic E-state index is 0.103. The standard InChI is InChI=1S/C26H34O/c1-25-16-7-6-10-19(25)11-12-20-21-13-14-23(26(21,2)17-15-22(20)25)24(27)18-8-4-3-5-9-18/h3-5,8-9,14,19-22H,6-7,10-13,15-17H2,1-2H3/t19-,20+,21+,22+,25+,26+/m1/s1. The number of carbonyl (C=O) groups excluding carboxylic acids is 1. The summed E-state index contributed by atoms with van der Waals surface area (Å²) in [5.74, 6) is 3.68. The van der Waals surface area contributed by atoms with Gasteiger partial charge in [-0.2, -0.15) is 0 Å². The number of carbonyl (C=O) groups is 1. The largest absolute Gasteiger partial charge is 0.289 e. The summed E-state index contributed by atoms with van der Waals surface area (Å²) in [5.41, 5.74) is 2.68. The van der Waals surface area contributed by atoms with Gasteiger partial charge in [-0.15, -0.1) is 0 Å². The van der Waals surface area contributed by atoms with Gasteiger partial charge in [-0.25, -0.2) is 0 Å². The van der Waals surface area contributed by atoms with Gasteiger partial charge in [0.2, 0.25) is 0 Å². The van der Waals surface area contributed by atoms with Gasteiger partial charge in [0.05, 0.1) is 0 Å². The zero-order valence-electron chi connectivity index (χ0n) is 17.0. The smallest absolute Gasteiger partial charge is 0.189 e. The lowest BCUT2D eigenvalue weighted by Crippen LogP contribution is -2.52. The average Bonchev–Trinajstić information content (AvgIpc) is 3.05. The van der Waals surface area contributed by atoms with Crippen molar-refractivity contribution in [2.24, 2.45) is 34.5 Å². The van der Waals surface area contributed by atoms with E-state index in [1.54, 1.807) is 0 Å². The van der Waals surface area contributed by atoms with Gasteiger partial charge >= 0.3 is 0 Å². The van der Waals surface area contributed by atoms with E-state index in [4.69, 9.17) is 0 Å². The Bertz CT molecular complexity index is 762. The molecule has 0 aromatic heterocycles. The summed E-state index contributed by atoms with van der Waals surface area (Å²) in [6.45, 7) is 5.05. The van der Waals surface area contributed by atoms with Gasteiger partial charge < -0.3 is 0 Å². The van der Waals surface area contributed by atoms with Crippen LogP contribution in [0.25, 0.3) is 0 Å². The van der Waals surface area contributed by atoms with Crippen molar-refractivity contribution in [3.05, 3.63) is 47.5 Å². The summed E-state index contributed by atoms with van der Waals surface area (Å²) in [5, 5.41) is 0. The summed E-state index contributed by atoms with van der Waals surface area (Å²) in [7, 11) is 0. The van der Waals surface area contributed by atoms with Crippen LogP contribution in [0.4, 0.5) is 0 Å². The van der Waals surface area contributed by atoms with Crippen LogP contribution in [0, 0.1) is 34.5 Å². The van der Waals surface area contributed by atoms with Gasteiger partial charge in [-0.1, -0.05) is 63.1 Å². The number of benzene rings is 1. The van der Waals surface area contributed by atoms with E-state index >= 15 is 0 Å². The zero-order chi connectivity index (χ0) is 18.6. The molecule has 3 fully saturated rings. The van der Waals surface area contributed by atoms with Crippen LogP contribution < -0.4 is 0 Å². The van der Waals surface area contributed by atoms with Crippen molar-refractivity contribution in [2.45, 2.75) is 71.6 Å². The number of hydrogen-bond acceptors (Lipinski definition) is 1. The topological polar surface area (TPSA) is 17.1 Å². The molecule has 0 unspecified atom stereocenters. The number of rotatable bonds is 2. The Kier molecular flexibility index (Phi) is 4.15. The molecule has 0 heterocycles. The van der Waals surface area contributed by atoms with E-state index in [1.807, 2.05) is 30.3 Å². The highest BCUT2D eigenvalue weighted by Crippen LogP contribution is 2.66. The maximum Gasteiger partial charge on any atom is 0.189 e. The molecule has 1 heteroatoms. The van der Waals surface area contributed by atoms with E-state index in [9.17, 15) is 4.79 Å². The lowest BCUT2D eigenvalue weighted by atomic mass is 9.45. The highest BCUT2D eigenvalue weighted by atomic mass is 16.1. The Hall–Kier alpha value is -1.37. The van der Waals surface area contributed by atoms with Crippen molar-refractivity contribution in [3.63, 3.8) is 0 Å². The molecule has 144 valence electrons. The minimum Gasteiger partial charge on any atom is -0.289 e. The number of ketones is 1. The van der Waals surface area contributed by atoms with Crippen LogP contribution in [-0.2, 0) is 0 Å². The third-order valence-corrected chi connectivity index (χ3v) is 9.44. The van der Waals surface area contributed by atoms with Crippen molar-refractivity contribution in [2.75, 3.05) is 0 Å².